The highest BCUT2D eigenvalue weighted by molar-refractivity contribution is 6.13. The van der Waals surface area contributed by atoms with E-state index in [0.29, 0.717) is 0 Å². The Balaban J connectivity index is 0.000000111. The van der Waals surface area contributed by atoms with Crippen LogP contribution in [0.4, 0.5) is 0 Å². The average Bonchev–Trinajstić information content (AvgIpc) is 1.50. The smallest absolute Gasteiger partial charge is 0.143 e. The summed E-state index contributed by atoms with van der Waals surface area (Å²) in [5, 5.41) is 6.83. The van der Waals surface area contributed by atoms with E-state index >= 15 is 0 Å². The van der Waals surface area contributed by atoms with Crippen LogP contribution >= 0.6 is 0 Å². The van der Waals surface area contributed by atoms with Gasteiger partial charge in [-0.2, -0.15) is 0 Å². The Hall–Kier alpha value is -18.5. The Labute approximate surface area is 824 Å². The summed E-state index contributed by atoms with van der Waals surface area (Å²) in [6.45, 7) is 0. The Kier molecular flexibility index (Phi) is 21.2. The zero-order valence-electron chi connectivity index (χ0n) is 77.7. The van der Waals surface area contributed by atoms with Crippen molar-refractivity contribution in [3.63, 3.8) is 0 Å². The van der Waals surface area contributed by atoms with Crippen LogP contribution in [0.5, 0.6) is 0 Å². The van der Waals surface area contributed by atoms with E-state index < -0.39 is 5.41 Å². The number of furan rings is 3. The Morgan fingerprint density at radius 2 is 0.289 bits per heavy atom. The molecule has 0 amide bonds. The summed E-state index contributed by atoms with van der Waals surface area (Å²) in [6, 6.07) is 197. The van der Waals surface area contributed by atoms with Crippen molar-refractivity contribution in [1.82, 2.24) is 0 Å². The van der Waals surface area contributed by atoms with Crippen LogP contribution in [0.2, 0.25) is 0 Å². The number of rotatable bonds is 14. The van der Waals surface area contributed by atoms with Gasteiger partial charge in [0.15, 0.2) is 0 Å². The van der Waals surface area contributed by atoms with Crippen LogP contribution in [0.3, 0.4) is 0 Å². The first kappa shape index (κ1) is 84.0. The van der Waals surface area contributed by atoms with Gasteiger partial charge in [0, 0.05) is 49.0 Å². The number of fused-ring (bicyclic) bond motifs is 19. The van der Waals surface area contributed by atoms with E-state index in [1.165, 1.54) is 167 Å². The molecule has 3 heterocycles. The van der Waals surface area contributed by atoms with E-state index in [0.717, 1.165) is 99.2 Å². The molecular formula is C139H90O3. The minimum atomic E-state index is -0.400. The van der Waals surface area contributed by atoms with Gasteiger partial charge in [0.1, 0.15) is 33.5 Å². The van der Waals surface area contributed by atoms with Crippen molar-refractivity contribution in [3.05, 3.63) is 568 Å². The maximum Gasteiger partial charge on any atom is 0.143 e. The minimum Gasteiger partial charge on any atom is -0.455 e. The number of para-hydroxylation sites is 6. The molecule has 0 saturated heterocycles. The van der Waals surface area contributed by atoms with Gasteiger partial charge in [-0.1, -0.05) is 461 Å². The highest BCUT2D eigenvalue weighted by Crippen LogP contribution is 2.63. The number of benzene rings is 23. The summed E-state index contributed by atoms with van der Waals surface area (Å²) in [5.74, 6) is 0. The molecular weight excluding hydrogens is 1720 g/mol. The number of hydrogen-bond donors (Lipinski definition) is 0. The lowest BCUT2D eigenvalue weighted by Gasteiger charge is -2.30. The molecule has 23 aromatic carbocycles. The second-order valence-corrected chi connectivity index (χ2v) is 37.1. The van der Waals surface area contributed by atoms with E-state index in [1.807, 2.05) is 30.3 Å². The van der Waals surface area contributed by atoms with Gasteiger partial charge < -0.3 is 13.3 Å². The van der Waals surface area contributed by atoms with E-state index in [4.69, 9.17) is 13.3 Å². The van der Waals surface area contributed by atoms with Crippen molar-refractivity contribution in [2.24, 2.45) is 0 Å². The molecule has 0 aliphatic heterocycles. The fourth-order valence-electron chi connectivity index (χ4n) is 22.0. The van der Waals surface area contributed by atoms with Gasteiger partial charge in [-0.15, -0.1) is 0 Å². The lowest BCUT2D eigenvalue weighted by Crippen LogP contribution is -2.25. The topological polar surface area (TPSA) is 39.4 Å². The molecule has 28 rings (SSSR count). The highest BCUT2D eigenvalue weighted by atomic mass is 16.3. The normalized spacial score (nSPS) is 12.0. The van der Waals surface area contributed by atoms with Crippen molar-refractivity contribution in [1.29, 1.82) is 0 Å². The van der Waals surface area contributed by atoms with Crippen LogP contribution in [0.25, 0.3) is 244 Å². The third-order valence-corrected chi connectivity index (χ3v) is 28.9. The summed E-state index contributed by atoms with van der Waals surface area (Å²) in [6.07, 6.45) is 0. The van der Waals surface area contributed by atoms with Crippen molar-refractivity contribution in [2.75, 3.05) is 0 Å². The monoisotopic (exact) mass is 1810 g/mol. The third kappa shape index (κ3) is 15.2. The van der Waals surface area contributed by atoms with E-state index in [1.54, 1.807) is 0 Å². The molecule has 3 nitrogen and oxygen atoms in total. The molecule has 0 unspecified atom stereocenters. The Bertz CT molecular complexity index is 9110. The van der Waals surface area contributed by atoms with Gasteiger partial charge >= 0.3 is 0 Å². The first-order valence-corrected chi connectivity index (χ1v) is 48.8. The Morgan fingerprint density at radius 3 is 0.599 bits per heavy atom. The predicted molar refractivity (Wildman–Crippen MR) is 594 cm³/mol. The lowest BCUT2D eigenvalue weighted by molar-refractivity contribution is 0.669. The molecule has 0 N–H and O–H groups in total. The molecule has 0 radical (unpaired) electrons. The predicted octanol–water partition coefficient (Wildman–Crippen LogP) is 38.4. The highest BCUT2D eigenvalue weighted by Gasteiger charge is 2.51. The zero-order chi connectivity index (χ0) is 94.0. The maximum atomic E-state index is 6.62. The van der Waals surface area contributed by atoms with Crippen LogP contribution < -0.4 is 0 Å². The van der Waals surface area contributed by atoms with Crippen LogP contribution in [-0.4, -0.2) is 0 Å². The van der Waals surface area contributed by atoms with Crippen LogP contribution in [-0.2, 0) is 5.41 Å². The summed E-state index contributed by atoms with van der Waals surface area (Å²) in [4.78, 5) is 0. The lowest BCUT2D eigenvalue weighted by atomic mass is 9.70. The third-order valence-electron chi connectivity index (χ3n) is 28.9. The van der Waals surface area contributed by atoms with Crippen LogP contribution in [0.1, 0.15) is 22.3 Å². The molecule has 2 aliphatic carbocycles. The SMILES string of the molecule is c1ccc(-c2ccc(-c3cc(-c4ccc(-c5ccccc5)cc4)cc(-c4cccc5c4oc4ccccc45)c3)cc2)cc1.c1ccc(-c2ccc(-c3cc(-c4ccc5c(c4)C4(c6ccccc6-c6ccccc64)c4ccccc4-5)cc(-c4cccc5c4oc4ccccc45)c3)cc2)cc1.c1ccc(-c2ccc(-c3cc(-c4cccc(-c5ccccc5)c4)cc(-c4cccc5c4oc4ccccc45)c3)cc2)cc1. The molecule has 26 aromatic rings. The average molecular weight is 1810 g/mol. The molecule has 3 heteroatoms. The molecule has 1 spiro atoms. The van der Waals surface area contributed by atoms with Gasteiger partial charge in [-0.3, -0.25) is 0 Å². The molecule has 0 bridgehead atoms. The van der Waals surface area contributed by atoms with Gasteiger partial charge in [-0.25, -0.2) is 0 Å². The first-order chi connectivity index (χ1) is 70.3. The second kappa shape index (κ2) is 35.9. The van der Waals surface area contributed by atoms with Crippen LogP contribution in [0, 0.1) is 0 Å². The summed E-state index contributed by atoms with van der Waals surface area (Å²) in [5.41, 5.74) is 48.7. The van der Waals surface area contributed by atoms with Crippen molar-refractivity contribution in [3.8, 4) is 178 Å². The van der Waals surface area contributed by atoms with E-state index in [-0.39, 0.29) is 0 Å². The molecule has 142 heavy (non-hydrogen) atoms. The van der Waals surface area contributed by atoms with E-state index in [2.05, 4.69) is 516 Å². The minimum absolute atomic E-state index is 0.400. The van der Waals surface area contributed by atoms with Gasteiger partial charge in [0.05, 0.1) is 5.41 Å². The van der Waals surface area contributed by atoms with Gasteiger partial charge in [-0.05, 0) is 269 Å². The van der Waals surface area contributed by atoms with Gasteiger partial charge in [0.2, 0.25) is 0 Å². The first-order valence-electron chi connectivity index (χ1n) is 48.8. The quantitative estimate of drug-likeness (QED) is 0.109. The summed E-state index contributed by atoms with van der Waals surface area (Å²) < 4.78 is 19.5. The maximum absolute atomic E-state index is 6.62. The molecule has 0 atom stereocenters. The van der Waals surface area contributed by atoms with E-state index in [9.17, 15) is 0 Å². The summed E-state index contributed by atoms with van der Waals surface area (Å²) >= 11 is 0. The van der Waals surface area contributed by atoms with Gasteiger partial charge in [0.25, 0.3) is 0 Å². The van der Waals surface area contributed by atoms with Crippen molar-refractivity contribution in [2.45, 2.75) is 5.41 Å². The zero-order valence-corrected chi connectivity index (χ0v) is 77.7. The number of hydrogen-bond acceptors (Lipinski definition) is 3. The molecule has 2 aliphatic rings. The fraction of sp³-hybridized carbons (Fsp3) is 0.00719. The summed E-state index contributed by atoms with van der Waals surface area (Å²) in [7, 11) is 0. The van der Waals surface area contributed by atoms with Crippen LogP contribution in [0.15, 0.2) is 559 Å². The molecule has 0 fully saturated rings. The standard InChI is InChI=1S/C55H34O.2C42H28O/c1-2-13-35(14-3-1)36-25-27-37(28-26-36)39-31-40(33-41(32-39)42-19-12-20-48-47-18-7-11-24-53(47)56-54(42)48)38-29-30-46-45-17-6-10-23-51(45)55(52(46)34-38)49-21-8-4-15-43(49)44-16-5-9-22-50(44)55;1-3-11-29(12-4-1)31-21-23-32(24-22-31)35-26-36(34-16-9-15-33(25-34)30-13-5-2-6-14-30)28-37(27-35)38-18-10-19-40-39-17-7-8-20-41(39)43-42(38)40;1-3-10-29(11-4-1)31-18-22-33(23-19-31)35-26-36(34-24-20-32(21-25-34)30-12-5-2-6-13-30)28-37(27-35)38-15-9-16-40-39-14-7-8-17-41(39)43-42(38)40/h1-34H;2*1-28H. The Morgan fingerprint density at radius 1 is 0.106 bits per heavy atom. The largest absolute Gasteiger partial charge is 0.455 e. The molecule has 0 saturated carbocycles. The molecule has 664 valence electrons. The van der Waals surface area contributed by atoms with Crippen molar-refractivity contribution >= 4 is 65.8 Å². The fourth-order valence-corrected chi connectivity index (χ4v) is 22.0. The molecule has 3 aromatic heterocycles. The second-order valence-electron chi connectivity index (χ2n) is 37.1. The van der Waals surface area contributed by atoms with Crippen molar-refractivity contribution < 1.29 is 13.3 Å².